The van der Waals surface area contributed by atoms with E-state index < -0.39 is 0 Å². The van der Waals surface area contributed by atoms with E-state index >= 15 is 0 Å². The van der Waals surface area contributed by atoms with Crippen LogP contribution in [-0.2, 0) is 0 Å². The molecule has 0 aromatic carbocycles. The van der Waals surface area contributed by atoms with Crippen molar-refractivity contribution in [3.63, 3.8) is 0 Å². The van der Waals surface area contributed by atoms with Crippen LogP contribution in [0.2, 0.25) is 0 Å². The third-order valence-corrected chi connectivity index (χ3v) is 2.13. The van der Waals surface area contributed by atoms with E-state index in [1.54, 1.807) is 0 Å². The van der Waals surface area contributed by atoms with Crippen LogP contribution in [0.4, 0.5) is 0 Å². The van der Waals surface area contributed by atoms with Gasteiger partial charge >= 0.3 is 0 Å². The van der Waals surface area contributed by atoms with Crippen molar-refractivity contribution in [2.75, 3.05) is 13.1 Å². The molecule has 1 heteroatoms. The zero-order valence-corrected chi connectivity index (χ0v) is 8.72. The van der Waals surface area contributed by atoms with E-state index in [9.17, 15) is 0 Å². The maximum Gasteiger partial charge on any atom is 0.00384 e. The van der Waals surface area contributed by atoms with E-state index in [1.807, 2.05) is 0 Å². The summed E-state index contributed by atoms with van der Waals surface area (Å²) in [5.41, 5.74) is 0. The maximum atomic E-state index is 2.51. The highest BCUT2D eigenvalue weighted by Gasteiger charge is 2.06. The SMILES string of the molecule is CCN(CCC(C)C)C(C)C. The van der Waals surface area contributed by atoms with Gasteiger partial charge in [0.25, 0.3) is 0 Å². The van der Waals surface area contributed by atoms with E-state index in [-0.39, 0.29) is 0 Å². The molecule has 0 bridgehead atoms. The molecule has 0 rings (SSSR count). The van der Waals surface area contributed by atoms with Crippen LogP contribution < -0.4 is 0 Å². The average Bonchev–Trinajstić information content (AvgIpc) is 1.87. The van der Waals surface area contributed by atoms with Crippen molar-refractivity contribution < 1.29 is 0 Å². The summed E-state index contributed by atoms with van der Waals surface area (Å²) in [6.07, 6.45) is 1.33. The highest BCUT2D eigenvalue weighted by Crippen LogP contribution is 2.04. The maximum absolute atomic E-state index is 2.51. The van der Waals surface area contributed by atoms with Crippen molar-refractivity contribution in [2.45, 2.75) is 47.1 Å². The lowest BCUT2D eigenvalue weighted by Gasteiger charge is -2.25. The molecule has 0 fully saturated rings. The van der Waals surface area contributed by atoms with Gasteiger partial charge in [-0.15, -0.1) is 0 Å². The number of rotatable bonds is 5. The minimum Gasteiger partial charge on any atom is -0.301 e. The summed E-state index contributed by atoms with van der Waals surface area (Å²) in [6, 6.07) is 0.707. The predicted octanol–water partition coefficient (Wildman–Crippen LogP) is 2.76. The summed E-state index contributed by atoms with van der Waals surface area (Å²) in [4.78, 5) is 2.51. The minimum absolute atomic E-state index is 0.707. The van der Waals surface area contributed by atoms with Crippen LogP contribution in [0.1, 0.15) is 41.0 Å². The van der Waals surface area contributed by atoms with Gasteiger partial charge in [-0.05, 0) is 39.3 Å². The molecule has 0 aliphatic carbocycles. The minimum atomic E-state index is 0.707. The number of hydrogen-bond acceptors (Lipinski definition) is 1. The van der Waals surface area contributed by atoms with Crippen molar-refractivity contribution in [2.24, 2.45) is 5.92 Å². The van der Waals surface area contributed by atoms with Gasteiger partial charge in [-0.25, -0.2) is 0 Å². The predicted molar refractivity (Wildman–Crippen MR) is 51.8 cm³/mol. The Bertz CT molecular complexity index is 86.9. The van der Waals surface area contributed by atoms with Gasteiger partial charge in [0.1, 0.15) is 0 Å². The largest absolute Gasteiger partial charge is 0.301 e. The average molecular weight is 157 g/mol. The van der Waals surface area contributed by atoms with Crippen molar-refractivity contribution in [3.8, 4) is 0 Å². The molecule has 0 amide bonds. The quantitative estimate of drug-likeness (QED) is 0.593. The molecule has 0 unspecified atom stereocenters. The topological polar surface area (TPSA) is 3.24 Å². The Morgan fingerprint density at radius 2 is 1.64 bits per heavy atom. The molecule has 0 aromatic rings. The van der Waals surface area contributed by atoms with E-state index in [0.29, 0.717) is 6.04 Å². The Labute approximate surface area is 71.8 Å². The van der Waals surface area contributed by atoms with Crippen LogP contribution >= 0.6 is 0 Å². The second-order valence-electron chi connectivity index (χ2n) is 3.90. The van der Waals surface area contributed by atoms with Crippen molar-refractivity contribution in [3.05, 3.63) is 0 Å². The normalized spacial score (nSPS) is 12.0. The Morgan fingerprint density at radius 1 is 1.09 bits per heavy atom. The van der Waals surface area contributed by atoms with Gasteiger partial charge in [-0.1, -0.05) is 20.8 Å². The smallest absolute Gasteiger partial charge is 0.00384 e. The molecule has 0 saturated carbocycles. The zero-order valence-electron chi connectivity index (χ0n) is 8.72. The number of nitrogens with zero attached hydrogens (tertiary/aromatic N) is 1. The van der Waals surface area contributed by atoms with Crippen LogP contribution in [0.15, 0.2) is 0 Å². The van der Waals surface area contributed by atoms with Gasteiger partial charge in [-0.3, -0.25) is 0 Å². The lowest BCUT2D eigenvalue weighted by Crippen LogP contribution is -2.32. The summed E-state index contributed by atoms with van der Waals surface area (Å²) in [7, 11) is 0. The van der Waals surface area contributed by atoms with Crippen LogP contribution in [0.5, 0.6) is 0 Å². The molecule has 0 atom stereocenters. The first kappa shape index (κ1) is 11.0. The molecule has 0 spiro atoms. The highest BCUT2D eigenvalue weighted by atomic mass is 15.1. The van der Waals surface area contributed by atoms with Gasteiger partial charge in [-0.2, -0.15) is 0 Å². The van der Waals surface area contributed by atoms with E-state index in [4.69, 9.17) is 0 Å². The van der Waals surface area contributed by atoms with Crippen LogP contribution in [-0.4, -0.2) is 24.0 Å². The van der Waals surface area contributed by atoms with E-state index in [2.05, 4.69) is 39.5 Å². The molecule has 1 nitrogen and oxygen atoms in total. The Hall–Kier alpha value is -0.0400. The Morgan fingerprint density at radius 3 is 1.91 bits per heavy atom. The molecule has 68 valence electrons. The second-order valence-corrected chi connectivity index (χ2v) is 3.90. The van der Waals surface area contributed by atoms with Crippen molar-refractivity contribution in [1.82, 2.24) is 4.90 Å². The van der Waals surface area contributed by atoms with Crippen molar-refractivity contribution in [1.29, 1.82) is 0 Å². The monoisotopic (exact) mass is 157 g/mol. The van der Waals surface area contributed by atoms with Gasteiger partial charge < -0.3 is 4.90 Å². The summed E-state index contributed by atoms with van der Waals surface area (Å²) in [5, 5.41) is 0. The molecule has 0 radical (unpaired) electrons. The first-order valence-electron chi connectivity index (χ1n) is 4.82. The Balaban J connectivity index is 3.52. The molecule has 11 heavy (non-hydrogen) atoms. The fourth-order valence-electron chi connectivity index (χ4n) is 1.21. The lowest BCUT2D eigenvalue weighted by molar-refractivity contribution is 0.221. The molecule has 0 N–H and O–H groups in total. The third kappa shape index (κ3) is 5.25. The van der Waals surface area contributed by atoms with Crippen LogP contribution in [0.25, 0.3) is 0 Å². The number of hydrogen-bond donors (Lipinski definition) is 0. The fourth-order valence-corrected chi connectivity index (χ4v) is 1.21. The highest BCUT2D eigenvalue weighted by molar-refractivity contribution is 4.61. The summed E-state index contributed by atoms with van der Waals surface area (Å²) < 4.78 is 0. The molecule has 0 aliphatic heterocycles. The van der Waals surface area contributed by atoms with Gasteiger partial charge in [0, 0.05) is 6.04 Å². The molecule has 0 aliphatic rings. The van der Waals surface area contributed by atoms with Gasteiger partial charge in [0.2, 0.25) is 0 Å². The standard InChI is InChI=1S/C10H23N/c1-6-11(10(4)5)8-7-9(2)3/h9-10H,6-8H2,1-5H3. The molecule has 0 heterocycles. The summed E-state index contributed by atoms with van der Waals surface area (Å²) in [5.74, 6) is 0.836. The van der Waals surface area contributed by atoms with E-state index in [0.717, 1.165) is 5.92 Å². The molecular weight excluding hydrogens is 134 g/mol. The van der Waals surface area contributed by atoms with Crippen molar-refractivity contribution >= 4 is 0 Å². The molecule has 0 saturated heterocycles. The van der Waals surface area contributed by atoms with Crippen LogP contribution in [0.3, 0.4) is 0 Å². The summed E-state index contributed by atoms with van der Waals surface area (Å²) >= 11 is 0. The lowest BCUT2D eigenvalue weighted by atomic mass is 10.1. The first-order valence-corrected chi connectivity index (χ1v) is 4.82. The molecule has 0 aromatic heterocycles. The zero-order chi connectivity index (χ0) is 8.85. The fraction of sp³-hybridized carbons (Fsp3) is 1.00. The van der Waals surface area contributed by atoms with Crippen LogP contribution in [0, 0.1) is 5.92 Å². The third-order valence-electron chi connectivity index (χ3n) is 2.13. The summed E-state index contributed by atoms with van der Waals surface area (Å²) in [6.45, 7) is 13.8. The second kappa shape index (κ2) is 5.59. The van der Waals surface area contributed by atoms with Gasteiger partial charge in [0.15, 0.2) is 0 Å². The van der Waals surface area contributed by atoms with E-state index in [1.165, 1.54) is 19.5 Å². The van der Waals surface area contributed by atoms with Gasteiger partial charge in [0.05, 0.1) is 0 Å². The Kier molecular flexibility index (Phi) is 5.57. The first-order chi connectivity index (χ1) is 5.07. The molecular formula is C10H23N.